The molecule has 1 aromatic rings. The molecule has 1 rings (SSSR count). The van der Waals surface area contributed by atoms with Crippen LogP contribution in [0.4, 0.5) is 4.79 Å². The van der Waals surface area contributed by atoms with Gasteiger partial charge in [-0.15, -0.1) is 0 Å². The summed E-state index contributed by atoms with van der Waals surface area (Å²) in [4.78, 5) is 13.7. The molecule has 118 valence electrons. The highest BCUT2D eigenvalue weighted by molar-refractivity contribution is 5.74. The number of nitrogens with one attached hydrogen (secondary N) is 1. The molecule has 4 heteroatoms. The first-order valence-electron chi connectivity index (χ1n) is 7.33. The Bertz CT molecular complexity index is 463. The van der Waals surface area contributed by atoms with Gasteiger partial charge in [0.1, 0.15) is 0 Å². The minimum atomic E-state index is -0.899. The fourth-order valence-corrected chi connectivity index (χ4v) is 2.25. The molecule has 2 N–H and O–H groups in total. The minimum absolute atomic E-state index is 0.0309. The molecule has 1 aromatic carbocycles. The van der Waals surface area contributed by atoms with E-state index < -0.39 is 5.60 Å². The van der Waals surface area contributed by atoms with Gasteiger partial charge in [-0.2, -0.15) is 0 Å². The number of likely N-dealkylation sites (N-methyl/N-ethyl adjacent to an activating group) is 1. The van der Waals surface area contributed by atoms with Gasteiger partial charge in [-0.1, -0.05) is 44.2 Å². The predicted octanol–water partition coefficient (Wildman–Crippen LogP) is 2.77. The molecule has 0 aromatic heterocycles. The molecule has 0 saturated heterocycles. The minimum Gasteiger partial charge on any atom is -0.389 e. The predicted molar refractivity (Wildman–Crippen MR) is 86.4 cm³/mol. The van der Waals surface area contributed by atoms with Crippen LogP contribution in [0.25, 0.3) is 0 Å². The molecule has 0 saturated carbocycles. The third-order valence-corrected chi connectivity index (χ3v) is 3.91. The summed E-state index contributed by atoms with van der Waals surface area (Å²) in [6.45, 7) is 9.90. The summed E-state index contributed by atoms with van der Waals surface area (Å²) in [7, 11) is 1.69. The summed E-state index contributed by atoms with van der Waals surface area (Å²) >= 11 is 0. The van der Waals surface area contributed by atoms with Crippen molar-refractivity contribution in [1.29, 1.82) is 0 Å². The maximum absolute atomic E-state index is 12.2. The molecule has 4 nitrogen and oxygen atoms in total. The third-order valence-electron chi connectivity index (χ3n) is 3.91. The standard InChI is InChI=1S/C17H28N2O2/c1-13(17(4,5)14-10-8-7-9-11-14)18-15(20)19(6)12-16(2,3)21/h7-11,13,21H,12H2,1-6H3,(H,18,20). The second-order valence-electron chi connectivity index (χ2n) is 6.93. The molecule has 0 heterocycles. The third kappa shape index (κ3) is 5.05. The number of hydrogen-bond donors (Lipinski definition) is 2. The number of amides is 2. The Morgan fingerprint density at radius 2 is 1.76 bits per heavy atom. The molecule has 0 aliphatic heterocycles. The van der Waals surface area contributed by atoms with Gasteiger partial charge in [-0.05, 0) is 26.3 Å². The highest BCUT2D eigenvalue weighted by atomic mass is 16.3. The average Bonchev–Trinajstić information content (AvgIpc) is 2.37. The van der Waals surface area contributed by atoms with Crippen LogP contribution in [0.3, 0.4) is 0 Å². The van der Waals surface area contributed by atoms with E-state index in [2.05, 4.69) is 31.3 Å². The fraction of sp³-hybridized carbons (Fsp3) is 0.588. The van der Waals surface area contributed by atoms with Crippen molar-refractivity contribution in [3.05, 3.63) is 35.9 Å². The molecule has 0 bridgehead atoms. The summed E-state index contributed by atoms with van der Waals surface area (Å²) in [5.41, 5.74) is 0.111. The van der Waals surface area contributed by atoms with Gasteiger partial charge in [-0.25, -0.2) is 4.79 Å². The lowest BCUT2D eigenvalue weighted by Crippen LogP contribution is -2.51. The number of carbonyl (C=O) groups excluding carboxylic acids is 1. The van der Waals surface area contributed by atoms with Crippen LogP contribution in [0.5, 0.6) is 0 Å². The maximum Gasteiger partial charge on any atom is 0.317 e. The van der Waals surface area contributed by atoms with Gasteiger partial charge >= 0.3 is 6.03 Å². The summed E-state index contributed by atoms with van der Waals surface area (Å²) < 4.78 is 0. The maximum atomic E-state index is 12.2. The second-order valence-corrected chi connectivity index (χ2v) is 6.93. The first-order valence-corrected chi connectivity index (χ1v) is 7.33. The van der Waals surface area contributed by atoms with Crippen molar-refractivity contribution in [3.63, 3.8) is 0 Å². The SMILES string of the molecule is CC(NC(=O)N(C)CC(C)(C)O)C(C)(C)c1ccccc1. The van der Waals surface area contributed by atoms with Crippen molar-refractivity contribution in [1.82, 2.24) is 10.2 Å². The Morgan fingerprint density at radius 3 is 2.24 bits per heavy atom. The Labute approximate surface area is 128 Å². The Hall–Kier alpha value is -1.55. The van der Waals surface area contributed by atoms with E-state index in [0.29, 0.717) is 0 Å². The zero-order valence-electron chi connectivity index (χ0n) is 14.0. The van der Waals surface area contributed by atoms with E-state index in [-0.39, 0.29) is 24.0 Å². The summed E-state index contributed by atoms with van der Waals surface area (Å²) in [6.07, 6.45) is 0. The molecule has 2 amide bonds. The lowest BCUT2D eigenvalue weighted by Gasteiger charge is -2.35. The van der Waals surface area contributed by atoms with Gasteiger partial charge in [-0.3, -0.25) is 0 Å². The van der Waals surface area contributed by atoms with Gasteiger partial charge in [0.2, 0.25) is 0 Å². The van der Waals surface area contributed by atoms with Gasteiger partial charge < -0.3 is 15.3 Å². The summed E-state index contributed by atoms with van der Waals surface area (Å²) in [5.74, 6) is 0. The average molecular weight is 292 g/mol. The van der Waals surface area contributed by atoms with Crippen LogP contribution in [-0.2, 0) is 5.41 Å². The van der Waals surface area contributed by atoms with E-state index in [9.17, 15) is 9.90 Å². The number of benzene rings is 1. The molecular formula is C17H28N2O2. The van der Waals surface area contributed by atoms with Gasteiger partial charge in [0, 0.05) is 18.5 Å². The number of aliphatic hydroxyl groups is 1. The van der Waals surface area contributed by atoms with Crippen molar-refractivity contribution in [2.75, 3.05) is 13.6 Å². The highest BCUT2D eigenvalue weighted by Crippen LogP contribution is 2.26. The smallest absolute Gasteiger partial charge is 0.317 e. The van der Waals surface area contributed by atoms with E-state index in [0.717, 1.165) is 0 Å². The molecule has 0 spiro atoms. The number of nitrogens with zero attached hydrogens (tertiary/aromatic N) is 1. The summed E-state index contributed by atoms with van der Waals surface area (Å²) in [6, 6.07) is 9.94. The highest BCUT2D eigenvalue weighted by Gasteiger charge is 2.30. The van der Waals surface area contributed by atoms with Crippen LogP contribution in [0.15, 0.2) is 30.3 Å². The molecule has 0 aliphatic carbocycles. The van der Waals surface area contributed by atoms with Crippen molar-refractivity contribution < 1.29 is 9.90 Å². The van der Waals surface area contributed by atoms with E-state index >= 15 is 0 Å². The Kier molecular flexibility index (Phi) is 5.40. The van der Waals surface area contributed by atoms with Crippen LogP contribution < -0.4 is 5.32 Å². The van der Waals surface area contributed by atoms with E-state index in [1.54, 1.807) is 20.9 Å². The fourth-order valence-electron chi connectivity index (χ4n) is 2.25. The quantitative estimate of drug-likeness (QED) is 0.877. The first kappa shape index (κ1) is 17.5. The monoisotopic (exact) mass is 292 g/mol. The normalized spacial score (nSPS) is 13.7. The summed E-state index contributed by atoms with van der Waals surface area (Å²) in [5, 5.41) is 12.8. The lowest BCUT2D eigenvalue weighted by atomic mass is 9.78. The van der Waals surface area contributed by atoms with Crippen molar-refractivity contribution in [2.45, 2.75) is 51.7 Å². The Balaban J connectivity index is 2.72. The van der Waals surface area contributed by atoms with E-state index in [4.69, 9.17) is 0 Å². The Morgan fingerprint density at radius 1 is 1.24 bits per heavy atom. The van der Waals surface area contributed by atoms with Crippen molar-refractivity contribution >= 4 is 6.03 Å². The zero-order chi connectivity index (χ0) is 16.3. The first-order chi connectivity index (χ1) is 9.54. The molecule has 1 unspecified atom stereocenters. The van der Waals surface area contributed by atoms with Gasteiger partial charge in [0.05, 0.1) is 12.1 Å². The van der Waals surface area contributed by atoms with E-state index in [1.165, 1.54) is 10.5 Å². The molecule has 0 fully saturated rings. The second kappa shape index (κ2) is 6.48. The van der Waals surface area contributed by atoms with Crippen LogP contribution >= 0.6 is 0 Å². The van der Waals surface area contributed by atoms with Crippen LogP contribution in [-0.4, -0.2) is 41.3 Å². The van der Waals surface area contributed by atoms with Crippen LogP contribution in [0.1, 0.15) is 40.2 Å². The number of hydrogen-bond acceptors (Lipinski definition) is 2. The van der Waals surface area contributed by atoms with Crippen molar-refractivity contribution in [2.24, 2.45) is 0 Å². The lowest BCUT2D eigenvalue weighted by molar-refractivity contribution is 0.0525. The largest absolute Gasteiger partial charge is 0.389 e. The molecular weight excluding hydrogens is 264 g/mol. The number of rotatable bonds is 5. The van der Waals surface area contributed by atoms with Crippen LogP contribution in [0.2, 0.25) is 0 Å². The number of carbonyl (C=O) groups is 1. The number of urea groups is 1. The molecule has 0 aliphatic rings. The van der Waals surface area contributed by atoms with Crippen molar-refractivity contribution in [3.8, 4) is 0 Å². The molecule has 21 heavy (non-hydrogen) atoms. The molecule has 0 radical (unpaired) electrons. The van der Waals surface area contributed by atoms with Crippen LogP contribution in [0, 0.1) is 0 Å². The van der Waals surface area contributed by atoms with E-state index in [1.807, 2.05) is 25.1 Å². The topological polar surface area (TPSA) is 52.6 Å². The zero-order valence-corrected chi connectivity index (χ0v) is 14.0. The van der Waals surface area contributed by atoms with Gasteiger partial charge in [0.25, 0.3) is 0 Å². The van der Waals surface area contributed by atoms with Gasteiger partial charge in [0.15, 0.2) is 0 Å². The molecule has 1 atom stereocenters.